The van der Waals surface area contributed by atoms with Gasteiger partial charge in [0.05, 0.1) is 12.1 Å². The first-order valence-electron chi connectivity index (χ1n) is 4.75. The Kier molecular flexibility index (Phi) is 2.78. The monoisotopic (exact) mass is 219 g/mol. The van der Waals surface area contributed by atoms with Crippen LogP contribution >= 0.6 is 0 Å². The molecule has 0 fully saturated rings. The molecule has 0 saturated carbocycles. The minimum absolute atomic E-state index is 0.146. The number of nitrogens with zero attached hydrogens (tertiary/aromatic N) is 1. The van der Waals surface area contributed by atoms with E-state index in [1.807, 2.05) is 0 Å². The maximum Gasteiger partial charge on any atom is 0.258 e. The van der Waals surface area contributed by atoms with E-state index in [9.17, 15) is 9.18 Å². The summed E-state index contributed by atoms with van der Waals surface area (Å²) in [5.74, 6) is -0.0691. The molecule has 0 spiro atoms. The fourth-order valence-corrected chi connectivity index (χ4v) is 1.41. The summed E-state index contributed by atoms with van der Waals surface area (Å²) in [5, 5.41) is 0. The molecule has 0 aliphatic rings. The molecule has 5 heteroatoms. The van der Waals surface area contributed by atoms with E-state index in [1.54, 1.807) is 12.1 Å². The molecule has 1 heterocycles. The van der Waals surface area contributed by atoms with Gasteiger partial charge in [-0.25, -0.2) is 9.37 Å². The molecule has 4 nitrogen and oxygen atoms in total. The smallest absolute Gasteiger partial charge is 0.258 e. The summed E-state index contributed by atoms with van der Waals surface area (Å²) in [5.41, 5.74) is 5.38. The van der Waals surface area contributed by atoms with Gasteiger partial charge in [-0.2, -0.15) is 0 Å². The van der Waals surface area contributed by atoms with E-state index < -0.39 is 5.82 Å². The molecule has 0 unspecified atom stereocenters. The number of nitrogens with one attached hydrogen (secondary N) is 1. The van der Waals surface area contributed by atoms with Crippen LogP contribution in [-0.2, 0) is 6.54 Å². The third kappa shape index (κ3) is 1.85. The summed E-state index contributed by atoms with van der Waals surface area (Å²) >= 11 is 0. The van der Waals surface area contributed by atoms with E-state index >= 15 is 0 Å². The van der Waals surface area contributed by atoms with Crippen LogP contribution in [0.4, 0.5) is 4.39 Å². The Balaban J connectivity index is 2.58. The van der Waals surface area contributed by atoms with E-state index in [1.165, 1.54) is 18.3 Å². The number of hydrogen-bond acceptors (Lipinski definition) is 3. The first-order valence-corrected chi connectivity index (χ1v) is 4.75. The lowest BCUT2D eigenvalue weighted by atomic mass is 10.1. The van der Waals surface area contributed by atoms with E-state index in [0.717, 1.165) is 0 Å². The lowest BCUT2D eigenvalue weighted by Gasteiger charge is -2.02. The van der Waals surface area contributed by atoms with Gasteiger partial charge in [-0.3, -0.25) is 4.79 Å². The van der Waals surface area contributed by atoms with Gasteiger partial charge in [-0.05, 0) is 6.07 Å². The van der Waals surface area contributed by atoms with Crippen molar-refractivity contribution in [2.24, 2.45) is 5.73 Å². The zero-order valence-corrected chi connectivity index (χ0v) is 8.40. The molecular weight excluding hydrogens is 209 g/mol. The highest BCUT2D eigenvalue weighted by molar-refractivity contribution is 5.61. The third-order valence-electron chi connectivity index (χ3n) is 2.21. The van der Waals surface area contributed by atoms with Crippen LogP contribution in [0.3, 0.4) is 0 Å². The summed E-state index contributed by atoms with van der Waals surface area (Å²) < 4.78 is 13.4. The molecule has 16 heavy (non-hydrogen) atoms. The van der Waals surface area contributed by atoms with E-state index in [2.05, 4.69) is 9.97 Å². The molecule has 0 atom stereocenters. The average molecular weight is 219 g/mol. The molecule has 2 aromatic rings. The Morgan fingerprint density at radius 1 is 1.31 bits per heavy atom. The highest BCUT2D eigenvalue weighted by Gasteiger charge is 2.08. The largest absolute Gasteiger partial charge is 0.324 e. The second kappa shape index (κ2) is 4.24. The lowest BCUT2D eigenvalue weighted by molar-refractivity contribution is 0.631. The summed E-state index contributed by atoms with van der Waals surface area (Å²) in [4.78, 5) is 18.1. The van der Waals surface area contributed by atoms with Crippen molar-refractivity contribution in [3.8, 4) is 11.1 Å². The molecule has 0 amide bonds. The van der Waals surface area contributed by atoms with Crippen molar-refractivity contribution >= 4 is 0 Å². The van der Waals surface area contributed by atoms with Crippen molar-refractivity contribution in [1.29, 1.82) is 0 Å². The van der Waals surface area contributed by atoms with Crippen LogP contribution < -0.4 is 11.3 Å². The van der Waals surface area contributed by atoms with Crippen molar-refractivity contribution in [2.75, 3.05) is 0 Å². The topological polar surface area (TPSA) is 71.8 Å². The second-order valence-electron chi connectivity index (χ2n) is 3.26. The summed E-state index contributed by atoms with van der Waals surface area (Å²) in [6.07, 6.45) is 1.33. The van der Waals surface area contributed by atoms with Crippen molar-refractivity contribution in [3.05, 3.63) is 52.5 Å². The molecule has 82 valence electrons. The average Bonchev–Trinajstić information content (AvgIpc) is 2.30. The molecule has 1 aromatic carbocycles. The second-order valence-corrected chi connectivity index (χ2v) is 3.26. The van der Waals surface area contributed by atoms with Crippen molar-refractivity contribution in [3.63, 3.8) is 0 Å². The third-order valence-corrected chi connectivity index (χ3v) is 2.21. The summed E-state index contributed by atoms with van der Waals surface area (Å²) in [7, 11) is 0. The van der Waals surface area contributed by atoms with Crippen molar-refractivity contribution in [2.45, 2.75) is 6.54 Å². The summed E-state index contributed by atoms with van der Waals surface area (Å²) in [6.45, 7) is 0.146. The van der Waals surface area contributed by atoms with Gasteiger partial charge in [-0.1, -0.05) is 18.2 Å². The fourth-order valence-electron chi connectivity index (χ4n) is 1.41. The van der Waals surface area contributed by atoms with E-state index in [0.29, 0.717) is 5.82 Å². The standard InChI is InChI=1S/C11H10FN3O/c12-9-4-2-1-3-7(9)8-6-14-10(5-13)15-11(8)16/h1-4,6H,5,13H2,(H,14,15,16). The van der Waals surface area contributed by atoms with Gasteiger partial charge >= 0.3 is 0 Å². The van der Waals surface area contributed by atoms with Crippen LogP contribution in [0.15, 0.2) is 35.3 Å². The molecule has 0 bridgehead atoms. The number of nitrogens with two attached hydrogens (primary N) is 1. The van der Waals surface area contributed by atoms with Crippen molar-refractivity contribution < 1.29 is 4.39 Å². The Labute approximate surface area is 91.0 Å². The quantitative estimate of drug-likeness (QED) is 0.792. The van der Waals surface area contributed by atoms with Gasteiger partial charge in [0.1, 0.15) is 11.6 Å². The van der Waals surface area contributed by atoms with Crippen LogP contribution in [0.25, 0.3) is 11.1 Å². The minimum atomic E-state index is -0.449. The number of aromatic amines is 1. The highest BCUT2D eigenvalue weighted by Crippen LogP contribution is 2.17. The highest BCUT2D eigenvalue weighted by atomic mass is 19.1. The number of rotatable bonds is 2. The predicted octanol–water partition coefficient (Wildman–Crippen LogP) is 1.03. The van der Waals surface area contributed by atoms with Crippen molar-refractivity contribution in [1.82, 2.24) is 9.97 Å². The minimum Gasteiger partial charge on any atom is -0.324 e. The Morgan fingerprint density at radius 3 is 2.69 bits per heavy atom. The molecule has 0 aliphatic carbocycles. The number of H-pyrrole nitrogens is 1. The Hall–Kier alpha value is -2.01. The first kappa shape index (κ1) is 10.5. The van der Waals surface area contributed by atoms with Gasteiger partial charge in [0.2, 0.25) is 0 Å². The van der Waals surface area contributed by atoms with Gasteiger partial charge in [0.15, 0.2) is 0 Å². The SMILES string of the molecule is NCc1ncc(-c2ccccc2F)c(=O)[nH]1. The maximum atomic E-state index is 13.4. The normalized spacial score (nSPS) is 10.4. The molecular formula is C11H10FN3O. The molecule has 2 rings (SSSR count). The molecule has 0 aliphatic heterocycles. The van der Waals surface area contributed by atoms with Crippen LogP contribution in [0.2, 0.25) is 0 Å². The lowest BCUT2D eigenvalue weighted by Crippen LogP contribution is -2.15. The van der Waals surface area contributed by atoms with Gasteiger partial charge in [-0.15, -0.1) is 0 Å². The maximum absolute atomic E-state index is 13.4. The zero-order chi connectivity index (χ0) is 11.5. The molecule has 3 N–H and O–H groups in total. The Bertz CT molecular complexity index is 565. The van der Waals surface area contributed by atoms with Gasteiger partial charge < -0.3 is 10.7 Å². The number of halogens is 1. The fraction of sp³-hybridized carbons (Fsp3) is 0.0909. The van der Waals surface area contributed by atoms with E-state index in [-0.39, 0.29) is 23.2 Å². The van der Waals surface area contributed by atoms with E-state index in [4.69, 9.17) is 5.73 Å². The van der Waals surface area contributed by atoms with Gasteiger partial charge in [0.25, 0.3) is 5.56 Å². The Morgan fingerprint density at radius 2 is 2.06 bits per heavy atom. The number of hydrogen-bond donors (Lipinski definition) is 2. The van der Waals surface area contributed by atoms with Crippen LogP contribution in [-0.4, -0.2) is 9.97 Å². The summed E-state index contributed by atoms with van der Waals surface area (Å²) in [6, 6.07) is 6.05. The number of benzene rings is 1. The molecule has 0 saturated heterocycles. The zero-order valence-electron chi connectivity index (χ0n) is 8.40. The predicted molar refractivity (Wildman–Crippen MR) is 58.1 cm³/mol. The number of aromatic nitrogens is 2. The molecule has 0 radical (unpaired) electrons. The van der Waals surface area contributed by atoms with Gasteiger partial charge in [0, 0.05) is 11.8 Å². The van der Waals surface area contributed by atoms with Crippen LogP contribution in [0, 0.1) is 5.82 Å². The first-order chi connectivity index (χ1) is 7.72. The van der Waals surface area contributed by atoms with Crippen LogP contribution in [0.1, 0.15) is 5.82 Å². The van der Waals surface area contributed by atoms with Crippen LogP contribution in [0.5, 0.6) is 0 Å². The molecule has 1 aromatic heterocycles.